The van der Waals surface area contributed by atoms with Gasteiger partial charge < -0.3 is 0 Å². The van der Waals surface area contributed by atoms with Gasteiger partial charge in [-0.1, -0.05) is 0 Å². The lowest BCUT2D eigenvalue weighted by Gasteiger charge is -2.17. The summed E-state index contributed by atoms with van der Waals surface area (Å²) in [6, 6.07) is 0. The minimum atomic E-state index is -3.77. The van der Waals surface area contributed by atoms with Gasteiger partial charge in [-0.15, -0.1) is 0 Å². The number of hydrogen-bond acceptors (Lipinski definition) is 4. The lowest BCUT2D eigenvalue weighted by Crippen LogP contribution is -2.42. The van der Waals surface area contributed by atoms with Gasteiger partial charge in [-0.25, -0.2) is 10.3 Å². The van der Waals surface area contributed by atoms with Gasteiger partial charge in [-0.2, -0.15) is 25.4 Å². The molecule has 0 radical (unpaired) electrons. The van der Waals surface area contributed by atoms with Crippen LogP contribution in [0.25, 0.3) is 0 Å². The molecule has 0 saturated heterocycles. The second-order valence-electron chi connectivity index (χ2n) is 2.73. The molecule has 86 valence electrons. The van der Waals surface area contributed by atoms with Crippen molar-refractivity contribution in [2.75, 3.05) is 27.2 Å². The van der Waals surface area contributed by atoms with E-state index in [-0.39, 0.29) is 13.1 Å². The molecule has 14 heavy (non-hydrogen) atoms. The fourth-order valence-corrected chi connectivity index (χ4v) is 1.21. The minimum absolute atomic E-state index is 0.0498. The molecule has 0 aliphatic heterocycles. The Morgan fingerprint density at radius 1 is 0.857 bits per heavy atom. The van der Waals surface area contributed by atoms with E-state index in [9.17, 15) is 16.8 Å². The summed E-state index contributed by atoms with van der Waals surface area (Å²) in [6.07, 6.45) is 0. The summed E-state index contributed by atoms with van der Waals surface area (Å²) >= 11 is 0. The van der Waals surface area contributed by atoms with Crippen molar-refractivity contribution in [2.24, 2.45) is 10.3 Å². The molecule has 0 aliphatic rings. The second-order valence-corrected chi connectivity index (χ2v) is 6.04. The Labute approximate surface area is 83.8 Å². The van der Waals surface area contributed by atoms with E-state index in [0.717, 1.165) is 8.61 Å². The van der Waals surface area contributed by atoms with Gasteiger partial charge >= 0.3 is 0 Å². The Kier molecular flexibility index (Phi) is 4.42. The minimum Gasteiger partial charge on any atom is -0.216 e. The summed E-state index contributed by atoms with van der Waals surface area (Å²) in [5, 5.41) is 9.55. The van der Waals surface area contributed by atoms with E-state index in [1.807, 2.05) is 0 Å². The molecule has 0 aliphatic carbocycles. The zero-order valence-corrected chi connectivity index (χ0v) is 9.55. The molecular weight excluding hydrogens is 232 g/mol. The summed E-state index contributed by atoms with van der Waals surface area (Å²) in [6.45, 7) is -0.0997. The van der Waals surface area contributed by atoms with E-state index in [1.54, 1.807) is 0 Å². The first-order chi connectivity index (χ1) is 6.05. The molecule has 0 spiro atoms. The molecular formula is C4H14N4O4S2. The van der Waals surface area contributed by atoms with Gasteiger partial charge in [0.1, 0.15) is 0 Å². The molecule has 0 saturated carbocycles. The summed E-state index contributed by atoms with van der Waals surface area (Å²) in [5.41, 5.74) is 0. The van der Waals surface area contributed by atoms with Crippen LogP contribution in [0.5, 0.6) is 0 Å². The molecule has 0 unspecified atom stereocenters. The molecule has 0 atom stereocenters. The van der Waals surface area contributed by atoms with Gasteiger partial charge in [-0.3, -0.25) is 0 Å². The maximum absolute atomic E-state index is 10.7. The van der Waals surface area contributed by atoms with Crippen molar-refractivity contribution in [1.29, 1.82) is 0 Å². The van der Waals surface area contributed by atoms with Gasteiger partial charge in [0, 0.05) is 27.2 Å². The predicted molar refractivity (Wildman–Crippen MR) is 51.5 cm³/mol. The fraction of sp³-hybridized carbons (Fsp3) is 1.00. The van der Waals surface area contributed by atoms with Gasteiger partial charge in [0.2, 0.25) is 0 Å². The van der Waals surface area contributed by atoms with Gasteiger partial charge in [0.25, 0.3) is 20.4 Å². The number of nitrogens with two attached hydrogens (primary N) is 2. The van der Waals surface area contributed by atoms with Crippen molar-refractivity contribution in [2.45, 2.75) is 0 Å². The molecule has 0 fully saturated rings. The SMILES string of the molecule is CN(CCN(C)S(N)(=O)=O)S(N)(=O)=O. The number of hydrogen-bond donors (Lipinski definition) is 2. The molecule has 0 amide bonds. The summed E-state index contributed by atoms with van der Waals surface area (Å²) in [5.74, 6) is 0. The summed E-state index contributed by atoms with van der Waals surface area (Å²) in [4.78, 5) is 0. The number of rotatable bonds is 5. The Hall–Kier alpha value is -0.260. The van der Waals surface area contributed by atoms with Crippen LogP contribution in [0.3, 0.4) is 0 Å². The predicted octanol–water partition coefficient (Wildman–Crippen LogP) is -2.74. The molecule has 10 heteroatoms. The van der Waals surface area contributed by atoms with Crippen LogP contribution in [0.4, 0.5) is 0 Å². The van der Waals surface area contributed by atoms with E-state index >= 15 is 0 Å². The molecule has 8 nitrogen and oxygen atoms in total. The molecule has 0 bridgehead atoms. The third kappa shape index (κ3) is 4.83. The summed E-state index contributed by atoms with van der Waals surface area (Å²) in [7, 11) is -5.06. The second kappa shape index (κ2) is 4.51. The molecule has 0 aromatic carbocycles. The normalized spacial score (nSPS) is 13.9. The number of nitrogens with zero attached hydrogens (tertiary/aromatic N) is 2. The first-order valence-electron chi connectivity index (χ1n) is 3.53. The van der Waals surface area contributed by atoms with Crippen molar-refractivity contribution in [3.05, 3.63) is 0 Å². The lowest BCUT2D eigenvalue weighted by molar-refractivity contribution is 0.405. The third-order valence-corrected chi connectivity index (χ3v) is 3.70. The first kappa shape index (κ1) is 13.7. The van der Waals surface area contributed by atoms with Crippen LogP contribution in [-0.4, -0.2) is 52.6 Å². The van der Waals surface area contributed by atoms with Gasteiger partial charge in [0.05, 0.1) is 0 Å². The highest BCUT2D eigenvalue weighted by atomic mass is 32.2. The average molecular weight is 246 g/mol. The van der Waals surface area contributed by atoms with Crippen LogP contribution in [-0.2, 0) is 20.4 Å². The number of likely N-dealkylation sites (N-methyl/N-ethyl adjacent to an activating group) is 2. The molecule has 0 heterocycles. The van der Waals surface area contributed by atoms with E-state index < -0.39 is 20.4 Å². The van der Waals surface area contributed by atoms with Crippen molar-refractivity contribution < 1.29 is 16.8 Å². The highest BCUT2D eigenvalue weighted by molar-refractivity contribution is 7.87. The van der Waals surface area contributed by atoms with Crippen LogP contribution < -0.4 is 10.3 Å². The third-order valence-electron chi connectivity index (χ3n) is 1.60. The summed E-state index contributed by atoms with van der Waals surface area (Å²) < 4.78 is 44.4. The maximum atomic E-state index is 10.7. The molecule has 0 rings (SSSR count). The fourth-order valence-electron chi connectivity index (χ4n) is 0.536. The van der Waals surface area contributed by atoms with Crippen LogP contribution in [0.1, 0.15) is 0 Å². The first-order valence-corrected chi connectivity index (χ1v) is 6.54. The van der Waals surface area contributed by atoms with E-state index in [2.05, 4.69) is 0 Å². The van der Waals surface area contributed by atoms with Crippen molar-refractivity contribution >= 4 is 20.4 Å². The van der Waals surface area contributed by atoms with E-state index in [1.165, 1.54) is 14.1 Å². The average Bonchev–Trinajstić information content (AvgIpc) is 1.95. The van der Waals surface area contributed by atoms with Crippen molar-refractivity contribution in [1.82, 2.24) is 8.61 Å². The topological polar surface area (TPSA) is 127 Å². The van der Waals surface area contributed by atoms with Crippen LogP contribution in [0, 0.1) is 0 Å². The largest absolute Gasteiger partial charge is 0.276 e. The van der Waals surface area contributed by atoms with Crippen molar-refractivity contribution in [3.63, 3.8) is 0 Å². The Balaban J connectivity index is 4.23. The monoisotopic (exact) mass is 246 g/mol. The molecule has 0 aromatic rings. The highest BCUT2D eigenvalue weighted by Crippen LogP contribution is 1.93. The van der Waals surface area contributed by atoms with Gasteiger partial charge in [0.15, 0.2) is 0 Å². The zero-order chi connectivity index (χ0) is 11.6. The molecule has 4 N–H and O–H groups in total. The Bertz CT molecular complexity index is 336. The van der Waals surface area contributed by atoms with Crippen LogP contribution >= 0.6 is 0 Å². The highest BCUT2D eigenvalue weighted by Gasteiger charge is 2.16. The maximum Gasteiger partial charge on any atom is 0.276 e. The van der Waals surface area contributed by atoms with Crippen LogP contribution in [0.15, 0.2) is 0 Å². The Morgan fingerprint density at radius 3 is 1.21 bits per heavy atom. The van der Waals surface area contributed by atoms with Crippen molar-refractivity contribution in [3.8, 4) is 0 Å². The zero-order valence-electron chi connectivity index (χ0n) is 7.91. The quantitative estimate of drug-likeness (QED) is 0.545. The van der Waals surface area contributed by atoms with Crippen LogP contribution in [0.2, 0.25) is 0 Å². The smallest absolute Gasteiger partial charge is 0.216 e. The standard InChI is InChI=1S/C4H14N4O4S2/c1-7(13(5,9)10)3-4-8(2)14(6,11)12/h3-4H2,1-2H3,(H2,5,9,10)(H2,6,11,12). The lowest BCUT2D eigenvalue weighted by atomic mass is 10.6. The van der Waals surface area contributed by atoms with E-state index in [0.29, 0.717) is 0 Å². The van der Waals surface area contributed by atoms with Gasteiger partial charge in [-0.05, 0) is 0 Å². The Morgan fingerprint density at radius 2 is 1.07 bits per heavy atom. The molecule has 0 aromatic heterocycles. The van der Waals surface area contributed by atoms with E-state index in [4.69, 9.17) is 10.3 Å².